The fourth-order valence-corrected chi connectivity index (χ4v) is 4.68. The standard InChI is InChI=1S/C19H26N2O4S/c1-11-7-8-15-13(9-11)10-16(26-15)18(23)25-12(2)17(22)21-19(24)20-14-5-3-4-6-14/h10-12,14H,3-9H2,1-2H3,(H2,20,21,22,24)/t11-,12+/m0/s1. The summed E-state index contributed by atoms with van der Waals surface area (Å²) in [7, 11) is 0. The van der Waals surface area contributed by atoms with Crippen LogP contribution in [0.1, 0.15) is 66.1 Å². The zero-order valence-electron chi connectivity index (χ0n) is 15.3. The van der Waals surface area contributed by atoms with E-state index in [0.717, 1.165) is 44.9 Å². The van der Waals surface area contributed by atoms with Crippen LogP contribution in [0.2, 0.25) is 0 Å². The van der Waals surface area contributed by atoms with Gasteiger partial charge in [0.2, 0.25) is 0 Å². The number of carbonyl (C=O) groups is 3. The van der Waals surface area contributed by atoms with Crippen LogP contribution < -0.4 is 10.6 Å². The third kappa shape index (κ3) is 4.63. The van der Waals surface area contributed by atoms with Crippen molar-refractivity contribution in [3.8, 4) is 0 Å². The van der Waals surface area contributed by atoms with Crippen LogP contribution in [0.15, 0.2) is 6.07 Å². The van der Waals surface area contributed by atoms with E-state index in [0.29, 0.717) is 10.8 Å². The van der Waals surface area contributed by atoms with E-state index >= 15 is 0 Å². The van der Waals surface area contributed by atoms with Crippen molar-refractivity contribution in [2.24, 2.45) is 5.92 Å². The van der Waals surface area contributed by atoms with Gasteiger partial charge in [-0.1, -0.05) is 19.8 Å². The number of nitrogens with one attached hydrogen (secondary N) is 2. The fraction of sp³-hybridized carbons (Fsp3) is 0.632. The number of carbonyl (C=O) groups excluding carboxylic acids is 3. The van der Waals surface area contributed by atoms with E-state index in [2.05, 4.69) is 17.6 Å². The minimum Gasteiger partial charge on any atom is -0.448 e. The largest absolute Gasteiger partial charge is 0.448 e. The summed E-state index contributed by atoms with van der Waals surface area (Å²) in [4.78, 5) is 38.0. The van der Waals surface area contributed by atoms with E-state index in [-0.39, 0.29) is 6.04 Å². The van der Waals surface area contributed by atoms with Crippen LogP contribution in [0.5, 0.6) is 0 Å². The first-order chi connectivity index (χ1) is 12.4. The molecule has 0 aromatic carbocycles. The van der Waals surface area contributed by atoms with Gasteiger partial charge in [-0.05, 0) is 56.6 Å². The van der Waals surface area contributed by atoms with Crippen molar-refractivity contribution in [3.05, 3.63) is 21.4 Å². The van der Waals surface area contributed by atoms with Crippen LogP contribution in [-0.4, -0.2) is 30.1 Å². The smallest absolute Gasteiger partial charge is 0.349 e. The number of ether oxygens (including phenoxy) is 1. The molecule has 0 saturated heterocycles. The first-order valence-corrected chi connectivity index (χ1v) is 10.2. The number of esters is 1. The van der Waals surface area contributed by atoms with Crippen molar-refractivity contribution in [2.75, 3.05) is 0 Å². The van der Waals surface area contributed by atoms with Gasteiger partial charge in [-0.25, -0.2) is 9.59 Å². The number of urea groups is 1. The lowest BCUT2D eigenvalue weighted by Gasteiger charge is -2.16. The summed E-state index contributed by atoms with van der Waals surface area (Å²) >= 11 is 1.45. The Labute approximate surface area is 157 Å². The van der Waals surface area contributed by atoms with Crippen molar-refractivity contribution in [3.63, 3.8) is 0 Å². The summed E-state index contributed by atoms with van der Waals surface area (Å²) in [6.07, 6.45) is 6.16. The maximum atomic E-state index is 12.3. The molecule has 0 radical (unpaired) electrons. The number of aryl methyl sites for hydroxylation is 1. The molecule has 1 heterocycles. The molecule has 6 nitrogen and oxygen atoms in total. The highest BCUT2D eigenvalue weighted by molar-refractivity contribution is 7.14. The van der Waals surface area contributed by atoms with Crippen molar-refractivity contribution in [1.82, 2.24) is 10.6 Å². The van der Waals surface area contributed by atoms with E-state index in [9.17, 15) is 14.4 Å². The van der Waals surface area contributed by atoms with E-state index in [1.807, 2.05) is 6.07 Å². The molecule has 0 unspecified atom stereocenters. The number of hydrogen-bond acceptors (Lipinski definition) is 5. The third-order valence-electron chi connectivity index (χ3n) is 5.11. The van der Waals surface area contributed by atoms with Gasteiger partial charge in [-0.3, -0.25) is 10.1 Å². The van der Waals surface area contributed by atoms with Gasteiger partial charge in [0.25, 0.3) is 5.91 Å². The maximum Gasteiger partial charge on any atom is 0.349 e. The Hall–Kier alpha value is -1.89. The highest BCUT2D eigenvalue weighted by Crippen LogP contribution is 2.32. The Morgan fingerprint density at radius 2 is 1.96 bits per heavy atom. The molecule has 3 amide bonds. The molecule has 1 aromatic rings. The van der Waals surface area contributed by atoms with Crippen LogP contribution in [0, 0.1) is 5.92 Å². The first kappa shape index (κ1) is 18.9. The van der Waals surface area contributed by atoms with Gasteiger partial charge in [0.1, 0.15) is 4.88 Å². The van der Waals surface area contributed by atoms with Gasteiger partial charge in [0.15, 0.2) is 6.10 Å². The van der Waals surface area contributed by atoms with Gasteiger partial charge in [-0.2, -0.15) is 0 Å². The molecule has 0 aliphatic heterocycles. The Balaban J connectivity index is 1.50. The van der Waals surface area contributed by atoms with Gasteiger partial charge < -0.3 is 10.1 Å². The topological polar surface area (TPSA) is 84.5 Å². The quantitative estimate of drug-likeness (QED) is 0.788. The van der Waals surface area contributed by atoms with Crippen molar-refractivity contribution in [2.45, 2.75) is 70.9 Å². The van der Waals surface area contributed by atoms with Gasteiger partial charge in [0.05, 0.1) is 0 Å². The van der Waals surface area contributed by atoms with E-state index < -0.39 is 24.0 Å². The molecule has 0 spiro atoms. The molecule has 3 rings (SSSR count). The normalized spacial score (nSPS) is 20.9. The summed E-state index contributed by atoms with van der Waals surface area (Å²) in [5.41, 5.74) is 1.22. The Morgan fingerprint density at radius 1 is 1.23 bits per heavy atom. The summed E-state index contributed by atoms with van der Waals surface area (Å²) in [6, 6.07) is 1.49. The molecule has 2 N–H and O–H groups in total. The molecule has 142 valence electrons. The van der Waals surface area contributed by atoms with Crippen LogP contribution in [0.3, 0.4) is 0 Å². The molecule has 1 saturated carbocycles. The lowest BCUT2D eigenvalue weighted by Crippen LogP contribution is -2.47. The minimum atomic E-state index is -1.02. The number of thiophene rings is 1. The maximum absolute atomic E-state index is 12.3. The number of rotatable bonds is 4. The predicted octanol–water partition coefficient (Wildman–Crippen LogP) is 3.19. The lowest BCUT2D eigenvalue weighted by atomic mass is 9.90. The van der Waals surface area contributed by atoms with Gasteiger partial charge >= 0.3 is 12.0 Å². The summed E-state index contributed by atoms with van der Waals surface area (Å²) in [6.45, 7) is 3.69. The molecule has 2 aliphatic rings. The van der Waals surface area contributed by atoms with Gasteiger partial charge in [-0.15, -0.1) is 11.3 Å². The van der Waals surface area contributed by atoms with E-state index in [1.54, 1.807) is 0 Å². The van der Waals surface area contributed by atoms with Crippen LogP contribution in [0.4, 0.5) is 4.79 Å². The molecule has 7 heteroatoms. The summed E-state index contributed by atoms with van der Waals surface area (Å²) in [5, 5.41) is 5.03. The molecule has 2 atom stereocenters. The predicted molar refractivity (Wildman–Crippen MR) is 99.3 cm³/mol. The zero-order chi connectivity index (χ0) is 18.7. The van der Waals surface area contributed by atoms with Crippen LogP contribution in [0.25, 0.3) is 0 Å². The average molecular weight is 378 g/mol. The van der Waals surface area contributed by atoms with Crippen molar-refractivity contribution in [1.29, 1.82) is 0 Å². The SMILES string of the molecule is C[C@H]1CCc2sc(C(=O)O[C@H](C)C(=O)NC(=O)NC3CCCC3)cc2C1. The lowest BCUT2D eigenvalue weighted by molar-refractivity contribution is -0.127. The van der Waals surface area contributed by atoms with E-state index in [1.165, 1.54) is 28.7 Å². The zero-order valence-corrected chi connectivity index (χ0v) is 16.1. The van der Waals surface area contributed by atoms with Crippen LogP contribution >= 0.6 is 11.3 Å². The molecular weight excluding hydrogens is 352 g/mol. The minimum absolute atomic E-state index is 0.125. The Morgan fingerprint density at radius 3 is 2.69 bits per heavy atom. The van der Waals surface area contributed by atoms with E-state index in [4.69, 9.17) is 4.74 Å². The number of imide groups is 1. The second kappa shape index (κ2) is 8.20. The van der Waals surface area contributed by atoms with Crippen molar-refractivity contribution >= 4 is 29.2 Å². The highest BCUT2D eigenvalue weighted by Gasteiger charge is 2.25. The third-order valence-corrected chi connectivity index (χ3v) is 6.33. The molecular formula is C19H26N2O4S. The van der Waals surface area contributed by atoms with Crippen molar-refractivity contribution < 1.29 is 19.1 Å². The Kier molecular flexibility index (Phi) is 5.96. The monoisotopic (exact) mass is 378 g/mol. The number of hydrogen-bond donors (Lipinski definition) is 2. The summed E-state index contributed by atoms with van der Waals surface area (Å²) < 4.78 is 5.25. The number of fused-ring (bicyclic) bond motifs is 1. The van der Waals surface area contributed by atoms with Gasteiger partial charge in [0, 0.05) is 10.9 Å². The Bertz CT molecular complexity index is 694. The highest BCUT2D eigenvalue weighted by atomic mass is 32.1. The molecule has 1 aromatic heterocycles. The second-order valence-corrected chi connectivity index (χ2v) is 8.54. The molecule has 26 heavy (non-hydrogen) atoms. The average Bonchev–Trinajstić information content (AvgIpc) is 3.23. The second-order valence-electron chi connectivity index (χ2n) is 7.40. The molecule has 0 bridgehead atoms. The fourth-order valence-electron chi connectivity index (χ4n) is 3.58. The molecule has 2 aliphatic carbocycles. The number of amides is 3. The molecule has 1 fully saturated rings. The van der Waals surface area contributed by atoms with Crippen LogP contribution in [-0.2, 0) is 22.4 Å². The summed E-state index contributed by atoms with van der Waals surface area (Å²) in [5.74, 6) is -0.483. The first-order valence-electron chi connectivity index (χ1n) is 9.36.